The highest BCUT2D eigenvalue weighted by Gasteiger charge is 2.32. The molecule has 0 bridgehead atoms. The van der Waals surface area contributed by atoms with Crippen molar-refractivity contribution < 1.29 is 4.42 Å². The Morgan fingerprint density at radius 3 is 2.70 bits per heavy atom. The average Bonchev–Trinajstić information content (AvgIpc) is 3.38. The SMILES string of the molecule is Cc1cccc(NC(=S)N(Cc2nnc(-c3ccc(Cl)cc3)o2)C2CC2)c1. The van der Waals surface area contributed by atoms with Crippen molar-refractivity contribution in [3.63, 3.8) is 0 Å². The number of rotatable bonds is 5. The highest BCUT2D eigenvalue weighted by Crippen LogP contribution is 2.30. The topological polar surface area (TPSA) is 54.2 Å². The summed E-state index contributed by atoms with van der Waals surface area (Å²) in [5.41, 5.74) is 3.01. The normalized spacial score (nSPS) is 13.4. The number of aryl methyl sites for hydroxylation is 1. The predicted octanol–water partition coefficient (Wildman–Crippen LogP) is 5.06. The zero-order valence-electron chi connectivity index (χ0n) is 14.9. The standard InChI is InChI=1S/C20H19ClN4OS/c1-13-3-2-4-16(11-13)22-20(27)25(17-9-10-17)12-18-23-24-19(26-18)14-5-7-15(21)8-6-14/h2-8,11,17H,9-10,12H2,1H3,(H,22,27). The second kappa shape index (κ2) is 7.66. The van der Waals surface area contributed by atoms with Crippen LogP contribution in [0, 0.1) is 6.92 Å². The van der Waals surface area contributed by atoms with E-state index in [4.69, 9.17) is 28.2 Å². The molecule has 0 saturated heterocycles. The van der Waals surface area contributed by atoms with E-state index in [0.29, 0.717) is 34.5 Å². The van der Waals surface area contributed by atoms with Gasteiger partial charge in [-0.15, -0.1) is 10.2 Å². The quantitative estimate of drug-likeness (QED) is 0.606. The van der Waals surface area contributed by atoms with Crippen molar-refractivity contribution in [3.05, 3.63) is 65.0 Å². The predicted molar refractivity (Wildman–Crippen MR) is 111 cm³/mol. The third-order valence-electron chi connectivity index (χ3n) is 4.38. The van der Waals surface area contributed by atoms with Crippen LogP contribution < -0.4 is 5.32 Å². The summed E-state index contributed by atoms with van der Waals surface area (Å²) in [4.78, 5) is 2.12. The number of halogens is 1. The summed E-state index contributed by atoms with van der Waals surface area (Å²) in [6.07, 6.45) is 2.24. The van der Waals surface area contributed by atoms with E-state index in [0.717, 1.165) is 24.1 Å². The highest BCUT2D eigenvalue weighted by atomic mass is 35.5. The smallest absolute Gasteiger partial charge is 0.247 e. The molecule has 1 heterocycles. The monoisotopic (exact) mass is 398 g/mol. The Morgan fingerprint density at radius 2 is 2.00 bits per heavy atom. The minimum Gasteiger partial charge on any atom is -0.419 e. The van der Waals surface area contributed by atoms with E-state index in [1.807, 2.05) is 24.3 Å². The van der Waals surface area contributed by atoms with Gasteiger partial charge in [-0.05, 0) is 73.9 Å². The van der Waals surface area contributed by atoms with Gasteiger partial charge in [0.05, 0.1) is 6.54 Å². The van der Waals surface area contributed by atoms with Crippen molar-refractivity contribution in [1.82, 2.24) is 15.1 Å². The molecule has 0 amide bonds. The lowest BCUT2D eigenvalue weighted by molar-refractivity contribution is 0.351. The van der Waals surface area contributed by atoms with Crippen LogP contribution in [0.15, 0.2) is 52.9 Å². The zero-order valence-corrected chi connectivity index (χ0v) is 16.4. The van der Waals surface area contributed by atoms with Gasteiger partial charge in [-0.25, -0.2) is 0 Å². The third kappa shape index (κ3) is 4.46. The molecule has 0 radical (unpaired) electrons. The average molecular weight is 399 g/mol. The second-order valence-electron chi connectivity index (χ2n) is 6.67. The molecule has 1 fully saturated rings. The summed E-state index contributed by atoms with van der Waals surface area (Å²) in [5.74, 6) is 1.02. The Labute approximate surface area is 168 Å². The lowest BCUT2D eigenvalue weighted by atomic mass is 10.2. The first kappa shape index (κ1) is 17.9. The van der Waals surface area contributed by atoms with Gasteiger partial charge in [0.1, 0.15) is 0 Å². The maximum atomic E-state index is 5.93. The fourth-order valence-corrected chi connectivity index (χ4v) is 3.30. The van der Waals surface area contributed by atoms with Gasteiger partial charge in [0.15, 0.2) is 5.11 Å². The van der Waals surface area contributed by atoms with Gasteiger partial charge in [-0.2, -0.15) is 0 Å². The number of anilines is 1. The van der Waals surface area contributed by atoms with Gasteiger partial charge in [-0.1, -0.05) is 23.7 Å². The number of thiocarbonyl (C=S) groups is 1. The van der Waals surface area contributed by atoms with Crippen LogP contribution in [0.1, 0.15) is 24.3 Å². The first-order chi connectivity index (χ1) is 13.1. The summed E-state index contributed by atoms with van der Waals surface area (Å²) in [6, 6.07) is 15.9. The lowest BCUT2D eigenvalue weighted by Gasteiger charge is -2.24. The van der Waals surface area contributed by atoms with E-state index < -0.39 is 0 Å². The van der Waals surface area contributed by atoms with Gasteiger partial charge in [0, 0.05) is 22.3 Å². The van der Waals surface area contributed by atoms with Crippen LogP contribution in [-0.2, 0) is 6.54 Å². The minimum absolute atomic E-state index is 0.417. The molecule has 1 aliphatic carbocycles. The van der Waals surface area contributed by atoms with Gasteiger partial charge in [0.2, 0.25) is 11.8 Å². The van der Waals surface area contributed by atoms with Crippen LogP contribution in [0.2, 0.25) is 5.02 Å². The second-order valence-corrected chi connectivity index (χ2v) is 7.49. The van der Waals surface area contributed by atoms with Gasteiger partial charge in [0.25, 0.3) is 0 Å². The molecule has 0 atom stereocenters. The van der Waals surface area contributed by atoms with Gasteiger partial charge < -0.3 is 14.6 Å². The highest BCUT2D eigenvalue weighted by molar-refractivity contribution is 7.80. The maximum absolute atomic E-state index is 5.93. The van der Waals surface area contributed by atoms with Crippen molar-refractivity contribution in [2.24, 2.45) is 0 Å². The minimum atomic E-state index is 0.417. The molecule has 1 aromatic heterocycles. The van der Waals surface area contributed by atoms with Crippen molar-refractivity contribution in [2.75, 3.05) is 5.32 Å². The Hall–Kier alpha value is -2.44. The number of benzene rings is 2. The molecular weight excluding hydrogens is 380 g/mol. The van der Waals surface area contributed by atoms with Crippen LogP contribution in [0.4, 0.5) is 5.69 Å². The Bertz CT molecular complexity index is 953. The van der Waals surface area contributed by atoms with E-state index in [2.05, 4.69) is 39.5 Å². The molecule has 138 valence electrons. The molecule has 4 rings (SSSR count). The Kier molecular flexibility index (Phi) is 5.09. The van der Waals surface area contributed by atoms with E-state index in [1.54, 1.807) is 12.1 Å². The molecule has 0 aliphatic heterocycles. The number of nitrogens with zero attached hydrogens (tertiary/aromatic N) is 3. The molecule has 7 heteroatoms. The molecule has 0 unspecified atom stereocenters. The molecule has 27 heavy (non-hydrogen) atoms. The lowest BCUT2D eigenvalue weighted by Crippen LogP contribution is -2.36. The number of hydrogen-bond donors (Lipinski definition) is 1. The van der Waals surface area contributed by atoms with Crippen molar-refractivity contribution in [3.8, 4) is 11.5 Å². The fourth-order valence-electron chi connectivity index (χ4n) is 2.84. The zero-order chi connectivity index (χ0) is 18.8. The molecule has 3 aromatic rings. The third-order valence-corrected chi connectivity index (χ3v) is 4.97. The molecule has 5 nitrogen and oxygen atoms in total. The van der Waals surface area contributed by atoms with Crippen LogP contribution in [0.5, 0.6) is 0 Å². The number of nitrogens with one attached hydrogen (secondary N) is 1. The van der Waals surface area contributed by atoms with Crippen LogP contribution in [0.25, 0.3) is 11.5 Å². The Morgan fingerprint density at radius 1 is 1.22 bits per heavy atom. The number of hydrogen-bond acceptors (Lipinski definition) is 4. The first-order valence-electron chi connectivity index (χ1n) is 8.81. The summed E-state index contributed by atoms with van der Waals surface area (Å²) in [6.45, 7) is 2.55. The Balaban J connectivity index is 1.47. The molecular formula is C20H19ClN4OS. The fraction of sp³-hybridized carbons (Fsp3) is 0.250. The summed E-state index contributed by atoms with van der Waals surface area (Å²) in [7, 11) is 0. The van der Waals surface area contributed by atoms with Gasteiger partial charge >= 0.3 is 0 Å². The first-order valence-corrected chi connectivity index (χ1v) is 9.60. The van der Waals surface area contributed by atoms with Crippen molar-refractivity contribution in [1.29, 1.82) is 0 Å². The maximum Gasteiger partial charge on any atom is 0.247 e. The molecule has 1 saturated carbocycles. The molecule has 1 aliphatic rings. The van der Waals surface area contributed by atoms with E-state index in [-0.39, 0.29) is 0 Å². The summed E-state index contributed by atoms with van der Waals surface area (Å²) in [5, 5.41) is 13.0. The molecule has 1 N–H and O–H groups in total. The van der Waals surface area contributed by atoms with Gasteiger partial charge in [-0.3, -0.25) is 0 Å². The van der Waals surface area contributed by atoms with Crippen LogP contribution in [0.3, 0.4) is 0 Å². The largest absolute Gasteiger partial charge is 0.419 e. The van der Waals surface area contributed by atoms with E-state index >= 15 is 0 Å². The van der Waals surface area contributed by atoms with E-state index in [9.17, 15) is 0 Å². The molecule has 0 spiro atoms. The summed E-state index contributed by atoms with van der Waals surface area (Å²) < 4.78 is 5.84. The van der Waals surface area contributed by atoms with Crippen molar-refractivity contribution in [2.45, 2.75) is 32.4 Å². The van der Waals surface area contributed by atoms with Crippen LogP contribution in [-0.4, -0.2) is 26.3 Å². The van der Waals surface area contributed by atoms with Crippen LogP contribution >= 0.6 is 23.8 Å². The number of aromatic nitrogens is 2. The van der Waals surface area contributed by atoms with Crippen molar-refractivity contribution >= 4 is 34.6 Å². The molecule has 2 aromatic carbocycles. The van der Waals surface area contributed by atoms with E-state index in [1.165, 1.54) is 5.56 Å². The summed E-state index contributed by atoms with van der Waals surface area (Å²) >= 11 is 11.6.